The second-order valence-electron chi connectivity index (χ2n) is 4.47. The standard InChI is InChI=1S/C9H18OS/c1-7-6-11-8(10-7)5-9(2,3)4/h7-8H,5-6H2,1-4H3. The Kier molecular flexibility index (Phi) is 2.87. The summed E-state index contributed by atoms with van der Waals surface area (Å²) in [5, 5.41) is 0. The Bertz CT molecular complexity index is 128. The molecule has 66 valence electrons. The smallest absolute Gasteiger partial charge is 0.104 e. The van der Waals surface area contributed by atoms with Gasteiger partial charge in [-0.2, -0.15) is 0 Å². The molecular weight excluding hydrogens is 156 g/mol. The molecule has 0 radical (unpaired) electrons. The molecule has 1 rings (SSSR count). The largest absolute Gasteiger partial charge is 0.364 e. The van der Waals surface area contributed by atoms with Crippen molar-refractivity contribution in [3.05, 3.63) is 0 Å². The monoisotopic (exact) mass is 174 g/mol. The summed E-state index contributed by atoms with van der Waals surface area (Å²) in [4.78, 5) is 0. The van der Waals surface area contributed by atoms with Crippen molar-refractivity contribution in [1.29, 1.82) is 0 Å². The Morgan fingerprint density at radius 3 is 2.45 bits per heavy atom. The van der Waals surface area contributed by atoms with Crippen LogP contribution in [0.3, 0.4) is 0 Å². The summed E-state index contributed by atoms with van der Waals surface area (Å²) in [6.45, 7) is 8.94. The first-order valence-corrected chi connectivity index (χ1v) is 5.29. The van der Waals surface area contributed by atoms with Gasteiger partial charge in [-0.3, -0.25) is 0 Å². The van der Waals surface area contributed by atoms with Crippen LogP contribution in [-0.4, -0.2) is 17.3 Å². The highest BCUT2D eigenvalue weighted by Gasteiger charge is 2.26. The number of ether oxygens (including phenoxy) is 1. The highest BCUT2D eigenvalue weighted by molar-refractivity contribution is 8.00. The van der Waals surface area contributed by atoms with Gasteiger partial charge < -0.3 is 4.74 Å². The lowest BCUT2D eigenvalue weighted by Crippen LogP contribution is -2.16. The summed E-state index contributed by atoms with van der Waals surface area (Å²) in [5.74, 6) is 1.17. The number of hydrogen-bond donors (Lipinski definition) is 0. The van der Waals surface area contributed by atoms with E-state index in [-0.39, 0.29) is 0 Å². The average molecular weight is 174 g/mol. The Morgan fingerprint density at radius 2 is 2.09 bits per heavy atom. The van der Waals surface area contributed by atoms with Crippen LogP contribution < -0.4 is 0 Å². The summed E-state index contributed by atoms with van der Waals surface area (Å²) in [6.07, 6.45) is 1.63. The summed E-state index contributed by atoms with van der Waals surface area (Å²) in [6, 6.07) is 0. The second-order valence-corrected chi connectivity index (χ2v) is 5.67. The van der Waals surface area contributed by atoms with E-state index in [0.717, 1.165) is 0 Å². The van der Waals surface area contributed by atoms with Crippen molar-refractivity contribution in [2.75, 3.05) is 5.75 Å². The van der Waals surface area contributed by atoms with Gasteiger partial charge in [-0.05, 0) is 18.8 Å². The minimum absolute atomic E-state index is 0.404. The number of hydrogen-bond acceptors (Lipinski definition) is 2. The lowest BCUT2D eigenvalue weighted by atomic mass is 9.93. The molecule has 0 amide bonds. The van der Waals surface area contributed by atoms with Gasteiger partial charge in [-0.1, -0.05) is 20.8 Å². The minimum atomic E-state index is 0.404. The van der Waals surface area contributed by atoms with Crippen molar-refractivity contribution in [3.63, 3.8) is 0 Å². The topological polar surface area (TPSA) is 9.23 Å². The maximum Gasteiger partial charge on any atom is 0.104 e. The molecule has 0 saturated carbocycles. The van der Waals surface area contributed by atoms with Crippen LogP contribution in [0.5, 0.6) is 0 Å². The van der Waals surface area contributed by atoms with Gasteiger partial charge >= 0.3 is 0 Å². The molecule has 1 nitrogen and oxygen atoms in total. The van der Waals surface area contributed by atoms with Crippen LogP contribution in [0.25, 0.3) is 0 Å². The summed E-state index contributed by atoms with van der Waals surface area (Å²) in [7, 11) is 0. The van der Waals surface area contributed by atoms with E-state index in [1.54, 1.807) is 0 Å². The highest BCUT2D eigenvalue weighted by atomic mass is 32.2. The fourth-order valence-electron chi connectivity index (χ4n) is 1.19. The third-order valence-electron chi connectivity index (χ3n) is 1.68. The molecule has 0 spiro atoms. The molecule has 11 heavy (non-hydrogen) atoms. The van der Waals surface area contributed by atoms with Gasteiger partial charge in [-0.25, -0.2) is 0 Å². The number of thioether (sulfide) groups is 1. The van der Waals surface area contributed by atoms with E-state index in [4.69, 9.17) is 4.74 Å². The van der Waals surface area contributed by atoms with Crippen molar-refractivity contribution in [2.45, 2.75) is 45.7 Å². The van der Waals surface area contributed by atoms with Crippen molar-refractivity contribution < 1.29 is 4.74 Å². The van der Waals surface area contributed by atoms with Gasteiger partial charge in [0.15, 0.2) is 0 Å². The van der Waals surface area contributed by atoms with E-state index in [2.05, 4.69) is 27.7 Å². The van der Waals surface area contributed by atoms with E-state index < -0.39 is 0 Å². The van der Waals surface area contributed by atoms with Crippen LogP contribution in [0, 0.1) is 5.41 Å². The predicted molar refractivity (Wildman–Crippen MR) is 50.9 cm³/mol. The predicted octanol–water partition coefficient (Wildman–Crippen LogP) is 2.90. The Balaban J connectivity index is 2.29. The van der Waals surface area contributed by atoms with Crippen LogP contribution in [0.2, 0.25) is 0 Å². The van der Waals surface area contributed by atoms with Crippen molar-refractivity contribution in [3.8, 4) is 0 Å². The normalized spacial score (nSPS) is 32.7. The third-order valence-corrected chi connectivity index (χ3v) is 2.99. The first kappa shape index (κ1) is 9.40. The van der Waals surface area contributed by atoms with E-state index in [9.17, 15) is 0 Å². The fraction of sp³-hybridized carbons (Fsp3) is 1.00. The lowest BCUT2D eigenvalue weighted by molar-refractivity contribution is 0.0562. The minimum Gasteiger partial charge on any atom is -0.364 e. The van der Waals surface area contributed by atoms with Crippen LogP contribution in [0.1, 0.15) is 34.1 Å². The summed E-state index contributed by atoms with van der Waals surface area (Å²) < 4.78 is 5.70. The van der Waals surface area contributed by atoms with Crippen molar-refractivity contribution >= 4 is 11.8 Å². The molecular formula is C9H18OS. The van der Waals surface area contributed by atoms with E-state index in [1.165, 1.54) is 12.2 Å². The maximum atomic E-state index is 5.70. The zero-order valence-electron chi connectivity index (χ0n) is 7.89. The summed E-state index contributed by atoms with van der Waals surface area (Å²) in [5.41, 5.74) is 0.854. The molecule has 0 N–H and O–H groups in total. The zero-order valence-corrected chi connectivity index (χ0v) is 8.70. The molecule has 2 heteroatoms. The SMILES string of the molecule is CC1CSC(CC(C)(C)C)O1. The molecule has 2 atom stereocenters. The zero-order chi connectivity index (χ0) is 8.48. The molecule has 2 unspecified atom stereocenters. The maximum absolute atomic E-state index is 5.70. The molecule has 1 heterocycles. The molecule has 0 aromatic carbocycles. The van der Waals surface area contributed by atoms with Crippen LogP contribution in [-0.2, 0) is 4.74 Å². The van der Waals surface area contributed by atoms with Crippen molar-refractivity contribution in [2.24, 2.45) is 5.41 Å². The van der Waals surface area contributed by atoms with E-state index >= 15 is 0 Å². The fourth-order valence-corrected chi connectivity index (χ4v) is 2.64. The first-order valence-electron chi connectivity index (χ1n) is 4.24. The quantitative estimate of drug-likeness (QED) is 0.604. The molecule has 1 aliphatic rings. The Labute approximate surface area is 73.9 Å². The molecule has 0 aromatic heterocycles. The third kappa shape index (κ3) is 3.48. The molecule has 0 aromatic rings. The van der Waals surface area contributed by atoms with Gasteiger partial charge in [0.1, 0.15) is 5.44 Å². The number of rotatable bonds is 1. The van der Waals surface area contributed by atoms with E-state index in [0.29, 0.717) is 17.0 Å². The van der Waals surface area contributed by atoms with Gasteiger partial charge in [0.25, 0.3) is 0 Å². The van der Waals surface area contributed by atoms with Gasteiger partial charge in [0, 0.05) is 5.75 Å². The van der Waals surface area contributed by atoms with Crippen LogP contribution >= 0.6 is 11.8 Å². The van der Waals surface area contributed by atoms with E-state index in [1.807, 2.05) is 11.8 Å². The van der Waals surface area contributed by atoms with Crippen LogP contribution in [0.15, 0.2) is 0 Å². The average Bonchev–Trinajstić information content (AvgIpc) is 2.10. The molecule has 0 aliphatic carbocycles. The van der Waals surface area contributed by atoms with Crippen molar-refractivity contribution in [1.82, 2.24) is 0 Å². The second kappa shape index (κ2) is 3.36. The van der Waals surface area contributed by atoms with Gasteiger partial charge in [-0.15, -0.1) is 11.8 Å². The molecule has 1 aliphatic heterocycles. The highest BCUT2D eigenvalue weighted by Crippen LogP contribution is 2.34. The Hall–Kier alpha value is 0.310. The Morgan fingerprint density at radius 1 is 1.45 bits per heavy atom. The lowest BCUT2D eigenvalue weighted by Gasteiger charge is -2.21. The molecule has 0 bridgehead atoms. The van der Waals surface area contributed by atoms with Crippen LogP contribution in [0.4, 0.5) is 0 Å². The summed E-state index contributed by atoms with van der Waals surface area (Å²) >= 11 is 1.96. The molecule has 1 fully saturated rings. The van der Waals surface area contributed by atoms with Gasteiger partial charge in [0.2, 0.25) is 0 Å². The molecule has 1 saturated heterocycles. The van der Waals surface area contributed by atoms with Gasteiger partial charge in [0.05, 0.1) is 6.10 Å². The first-order chi connectivity index (χ1) is 4.97.